The van der Waals surface area contributed by atoms with Gasteiger partial charge in [0.1, 0.15) is 6.10 Å². The third-order valence-corrected chi connectivity index (χ3v) is 4.51. The number of hydrogen-bond donors (Lipinski definition) is 1. The summed E-state index contributed by atoms with van der Waals surface area (Å²) in [5.41, 5.74) is 1.13. The van der Waals surface area contributed by atoms with Gasteiger partial charge in [0.15, 0.2) is 11.6 Å². The van der Waals surface area contributed by atoms with Crippen molar-refractivity contribution in [3.05, 3.63) is 64.5 Å². The van der Waals surface area contributed by atoms with Gasteiger partial charge in [0.25, 0.3) is 11.8 Å². The van der Waals surface area contributed by atoms with Gasteiger partial charge in [-0.2, -0.15) is 0 Å². The molecule has 3 aromatic rings. The number of amides is 1. The summed E-state index contributed by atoms with van der Waals surface area (Å²) in [6.07, 6.45) is 2.62. The fourth-order valence-electron chi connectivity index (χ4n) is 3.14. The molecule has 1 fully saturated rings. The van der Waals surface area contributed by atoms with Crippen LogP contribution in [0.3, 0.4) is 0 Å². The van der Waals surface area contributed by atoms with Crippen molar-refractivity contribution in [1.82, 2.24) is 20.0 Å². The van der Waals surface area contributed by atoms with E-state index in [1.165, 1.54) is 18.3 Å². The van der Waals surface area contributed by atoms with E-state index in [9.17, 15) is 14.0 Å². The van der Waals surface area contributed by atoms with Crippen molar-refractivity contribution in [2.75, 3.05) is 13.1 Å². The molecular formula is C19H17FN4O4. The number of piperidine rings is 1. The number of carbonyl (C=O) groups is 1. The Hall–Kier alpha value is -3.49. The predicted molar refractivity (Wildman–Crippen MR) is 96.3 cm³/mol. The Bertz CT molecular complexity index is 1030. The lowest BCUT2D eigenvalue weighted by Gasteiger charge is -2.32. The van der Waals surface area contributed by atoms with Crippen LogP contribution in [0.4, 0.5) is 4.39 Å². The van der Waals surface area contributed by atoms with Crippen LogP contribution in [0.15, 0.2) is 51.9 Å². The highest BCUT2D eigenvalue weighted by Crippen LogP contribution is 2.21. The van der Waals surface area contributed by atoms with Crippen LogP contribution in [-0.2, 0) is 0 Å². The van der Waals surface area contributed by atoms with Gasteiger partial charge in [-0.1, -0.05) is 17.3 Å². The van der Waals surface area contributed by atoms with E-state index in [1.807, 2.05) is 0 Å². The van der Waals surface area contributed by atoms with Gasteiger partial charge in [-0.25, -0.2) is 14.2 Å². The smallest absolute Gasteiger partial charge is 0.439 e. The van der Waals surface area contributed by atoms with Crippen LogP contribution in [-0.4, -0.2) is 45.1 Å². The van der Waals surface area contributed by atoms with Crippen molar-refractivity contribution in [1.29, 1.82) is 0 Å². The molecule has 0 radical (unpaired) electrons. The molecule has 28 heavy (non-hydrogen) atoms. The molecule has 1 unspecified atom stereocenters. The van der Waals surface area contributed by atoms with Crippen molar-refractivity contribution in [3.63, 3.8) is 0 Å². The van der Waals surface area contributed by atoms with E-state index in [1.54, 1.807) is 29.2 Å². The van der Waals surface area contributed by atoms with Crippen LogP contribution in [0.5, 0.6) is 5.88 Å². The van der Waals surface area contributed by atoms with Crippen molar-refractivity contribution >= 4 is 5.91 Å². The summed E-state index contributed by atoms with van der Waals surface area (Å²) >= 11 is 0. The Kier molecular flexibility index (Phi) is 4.88. The third-order valence-electron chi connectivity index (χ3n) is 4.51. The maximum Gasteiger partial charge on any atom is 0.439 e. The standard InChI is InChI=1S/C19H17FN4O4/c20-15-4-1-9-21-17(15)27-14-3-2-10-24(11-14)18(25)13-7-5-12(6-8-13)16-22-19(26)28-23-16/h1,4-9,14H,2-3,10-11H2,(H,22,23,26). The largest absolute Gasteiger partial charge is 0.470 e. The number of nitrogens with one attached hydrogen (secondary N) is 1. The quantitative estimate of drug-likeness (QED) is 0.740. The van der Waals surface area contributed by atoms with E-state index in [0.717, 1.165) is 12.8 Å². The second-order valence-electron chi connectivity index (χ2n) is 6.44. The zero-order valence-electron chi connectivity index (χ0n) is 14.8. The number of halogens is 1. The van der Waals surface area contributed by atoms with Crippen molar-refractivity contribution in [2.24, 2.45) is 0 Å². The number of rotatable bonds is 4. The fourth-order valence-corrected chi connectivity index (χ4v) is 3.14. The Morgan fingerprint density at radius 1 is 1.29 bits per heavy atom. The van der Waals surface area contributed by atoms with E-state index in [2.05, 4.69) is 19.6 Å². The lowest BCUT2D eigenvalue weighted by Crippen LogP contribution is -2.44. The number of aromatic amines is 1. The minimum Gasteiger partial charge on any atom is -0.470 e. The van der Waals surface area contributed by atoms with Gasteiger partial charge in [0.05, 0.1) is 6.54 Å². The minimum absolute atomic E-state index is 0.0484. The molecule has 9 heteroatoms. The number of ether oxygens (including phenoxy) is 1. The van der Waals surface area contributed by atoms with Crippen LogP contribution in [0.2, 0.25) is 0 Å². The fraction of sp³-hybridized carbons (Fsp3) is 0.263. The third kappa shape index (κ3) is 3.78. The Morgan fingerprint density at radius 2 is 2.11 bits per heavy atom. The van der Waals surface area contributed by atoms with Gasteiger partial charge in [0, 0.05) is 23.9 Å². The van der Waals surface area contributed by atoms with Crippen LogP contribution in [0, 0.1) is 5.82 Å². The summed E-state index contributed by atoms with van der Waals surface area (Å²) in [5.74, 6) is -1.05. The zero-order valence-corrected chi connectivity index (χ0v) is 14.8. The average Bonchev–Trinajstić information content (AvgIpc) is 3.16. The molecule has 1 aliphatic heterocycles. The molecule has 8 nitrogen and oxygen atoms in total. The highest BCUT2D eigenvalue weighted by Gasteiger charge is 2.26. The summed E-state index contributed by atoms with van der Waals surface area (Å²) in [5, 5.41) is 3.62. The van der Waals surface area contributed by atoms with Gasteiger partial charge in [-0.3, -0.25) is 14.3 Å². The summed E-state index contributed by atoms with van der Waals surface area (Å²) in [4.78, 5) is 31.9. The second-order valence-corrected chi connectivity index (χ2v) is 6.44. The lowest BCUT2D eigenvalue weighted by atomic mass is 10.1. The minimum atomic E-state index is -0.640. The van der Waals surface area contributed by atoms with Gasteiger partial charge < -0.3 is 9.64 Å². The summed E-state index contributed by atoms with van der Waals surface area (Å²) in [6, 6.07) is 9.47. The van der Waals surface area contributed by atoms with E-state index < -0.39 is 11.6 Å². The maximum atomic E-state index is 13.7. The number of pyridine rings is 1. The first-order valence-electron chi connectivity index (χ1n) is 8.83. The molecule has 0 bridgehead atoms. The number of hydrogen-bond acceptors (Lipinski definition) is 6. The van der Waals surface area contributed by atoms with Crippen LogP contribution in [0.25, 0.3) is 11.4 Å². The van der Waals surface area contributed by atoms with Gasteiger partial charge in [0.2, 0.25) is 0 Å². The van der Waals surface area contributed by atoms with Crippen LogP contribution in [0.1, 0.15) is 23.2 Å². The number of benzene rings is 1. The molecule has 1 N–H and O–H groups in total. The first kappa shape index (κ1) is 17.9. The molecule has 1 amide bonds. The number of aromatic nitrogens is 3. The highest BCUT2D eigenvalue weighted by molar-refractivity contribution is 5.94. The predicted octanol–water partition coefficient (Wildman–Crippen LogP) is 2.25. The molecule has 1 saturated heterocycles. The normalized spacial score (nSPS) is 16.8. The molecule has 144 valence electrons. The molecule has 4 rings (SSSR count). The van der Waals surface area contributed by atoms with Gasteiger partial charge in [-0.15, -0.1) is 0 Å². The van der Waals surface area contributed by atoms with Crippen molar-refractivity contribution in [2.45, 2.75) is 18.9 Å². The van der Waals surface area contributed by atoms with Crippen molar-refractivity contribution < 1.29 is 18.4 Å². The number of nitrogens with zero attached hydrogens (tertiary/aromatic N) is 3. The Morgan fingerprint density at radius 3 is 2.82 bits per heavy atom. The summed E-state index contributed by atoms with van der Waals surface area (Å²) in [6.45, 7) is 0.953. The number of H-pyrrole nitrogens is 1. The van der Waals surface area contributed by atoms with E-state index in [-0.39, 0.29) is 17.9 Å². The molecular weight excluding hydrogens is 367 g/mol. The van der Waals surface area contributed by atoms with Crippen molar-refractivity contribution in [3.8, 4) is 17.3 Å². The van der Waals surface area contributed by atoms with Gasteiger partial charge >= 0.3 is 5.76 Å². The molecule has 3 heterocycles. The second kappa shape index (κ2) is 7.63. The molecule has 2 aromatic heterocycles. The molecule has 0 aliphatic carbocycles. The van der Waals surface area contributed by atoms with E-state index in [0.29, 0.717) is 30.0 Å². The Labute approximate surface area is 158 Å². The zero-order chi connectivity index (χ0) is 19.5. The monoisotopic (exact) mass is 384 g/mol. The summed E-state index contributed by atoms with van der Waals surface area (Å²) < 4.78 is 23.9. The lowest BCUT2D eigenvalue weighted by molar-refractivity contribution is 0.0518. The van der Waals surface area contributed by atoms with Crippen LogP contribution < -0.4 is 10.5 Å². The average molecular weight is 384 g/mol. The Balaban J connectivity index is 1.44. The van der Waals surface area contributed by atoms with E-state index >= 15 is 0 Å². The molecule has 0 spiro atoms. The van der Waals surface area contributed by atoms with E-state index in [4.69, 9.17) is 4.74 Å². The van der Waals surface area contributed by atoms with Gasteiger partial charge in [-0.05, 0) is 37.1 Å². The maximum absolute atomic E-state index is 13.7. The summed E-state index contributed by atoms with van der Waals surface area (Å²) in [7, 11) is 0. The van der Waals surface area contributed by atoms with Crippen LogP contribution >= 0.6 is 0 Å². The topological polar surface area (TPSA) is 101 Å². The first-order valence-corrected chi connectivity index (χ1v) is 8.83. The number of likely N-dealkylation sites (tertiary alicyclic amines) is 1. The number of carbonyl (C=O) groups excluding carboxylic acids is 1. The SMILES string of the molecule is O=C(c1ccc(-c2noc(=O)[nH]2)cc1)N1CCCC(Oc2ncccc2F)C1. The molecule has 1 aliphatic rings. The molecule has 1 atom stereocenters. The molecule has 1 aromatic carbocycles. The first-order chi connectivity index (χ1) is 13.6. The molecule has 0 saturated carbocycles. The highest BCUT2D eigenvalue weighted by atomic mass is 19.1.